The van der Waals surface area contributed by atoms with E-state index in [9.17, 15) is 0 Å². The van der Waals surface area contributed by atoms with Gasteiger partial charge in [0.05, 0.1) is 6.61 Å². The molecule has 1 N–H and O–H groups in total. The molecular formula is C13H14N2O3. The molecule has 1 aromatic heterocycles. The largest absolute Gasteiger partial charge is 0.485 e. The Balaban J connectivity index is 1.61. The lowest BCUT2D eigenvalue weighted by Gasteiger charge is -2.04. The van der Waals surface area contributed by atoms with Crippen molar-refractivity contribution in [3.05, 3.63) is 41.5 Å². The van der Waals surface area contributed by atoms with Crippen LogP contribution in [-0.4, -0.2) is 15.2 Å². The minimum Gasteiger partial charge on any atom is -0.485 e. The maximum Gasteiger partial charge on any atom is 0.229 e. The van der Waals surface area contributed by atoms with E-state index in [1.54, 1.807) is 6.07 Å². The second kappa shape index (κ2) is 4.78. The second-order valence-corrected chi connectivity index (χ2v) is 4.42. The molecule has 1 aromatic carbocycles. The van der Waals surface area contributed by atoms with Crippen molar-refractivity contribution in [1.29, 1.82) is 0 Å². The van der Waals surface area contributed by atoms with Gasteiger partial charge in [-0.25, -0.2) is 0 Å². The molecule has 0 saturated heterocycles. The smallest absolute Gasteiger partial charge is 0.229 e. The predicted octanol–water partition coefficient (Wildman–Crippen LogP) is 2.02. The van der Waals surface area contributed by atoms with E-state index in [1.165, 1.54) is 0 Å². The highest BCUT2D eigenvalue weighted by Gasteiger charge is 2.29. The molecule has 0 aliphatic heterocycles. The Morgan fingerprint density at radius 2 is 2.28 bits per heavy atom. The summed E-state index contributed by atoms with van der Waals surface area (Å²) in [6, 6.07) is 7.31. The third kappa shape index (κ3) is 2.51. The molecule has 5 heteroatoms. The van der Waals surface area contributed by atoms with E-state index >= 15 is 0 Å². The molecule has 5 nitrogen and oxygen atoms in total. The molecule has 0 radical (unpaired) electrons. The molecule has 0 spiro atoms. The van der Waals surface area contributed by atoms with Crippen molar-refractivity contribution >= 4 is 0 Å². The van der Waals surface area contributed by atoms with Gasteiger partial charge in [0.2, 0.25) is 11.7 Å². The molecule has 0 unspecified atom stereocenters. The van der Waals surface area contributed by atoms with Crippen molar-refractivity contribution in [3.8, 4) is 5.75 Å². The molecular weight excluding hydrogens is 232 g/mol. The summed E-state index contributed by atoms with van der Waals surface area (Å²) in [5.41, 5.74) is 0.819. The van der Waals surface area contributed by atoms with E-state index in [0.717, 1.165) is 24.3 Å². The van der Waals surface area contributed by atoms with Crippen LogP contribution in [0.25, 0.3) is 0 Å². The van der Waals surface area contributed by atoms with Crippen LogP contribution in [0.3, 0.4) is 0 Å². The Morgan fingerprint density at radius 1 is 1.39 bits per heavy atom. The van der Waals surface area contributed by atoms with Crippen molar-refractivity contribution in [2.75, 3.05) is 0 Å². The van der Waals surface area contributed by atoms with Crippen LogP contribution in [0, 0.1) is 0 Å². The van der Waals surface area contributed by atoms with Gasteiger partial charge in [-0.2, -0.15) is 4.98 Å². The summed E-state index contributed by atoms with van der Waals surface area (Å²) in [6.07, 6.45) is 2.28. The Hall–Kier alpha value is -1.88. The van der Waals surface area contributed by atoms with Crippen LogP contribution >= 0.6 is 0 Å². The van der Waals surface area contributed by atoms with Gasteiger partial charge in [-0.05, 0) is 30.5 Å². The lowest BCUT2D eigenvalue weighted by Crippen LogP contribution is -1.98. The summed E-state index contributed by atoms with van der Waals surface area (Å²) in [4.78, 5) is 4.28. The molecule has 2 aromatic rings. The summed E-state index contributed by atoms with van der Waals surface area (Å²) in [6.45, 7) is 0.288. The summed E-state index contributed by atoms with van der Waals surface area (Å²) in [5.74, 6) is 2.44. The number of rotatable bonds is 5. The van der Waals surface area contributed by atoms with E-state index in [1.807, 2.05) is 18.2 Å². The minimum absolute atomic E-state index is 0.00520. The molecule has 94 valence electrons. The molecule has 1 fully saturated rings. The number of hydrogen-bond acceptors (Lipinski definition) is 5. The lowest BCUT2D eigenvalue weighted by molar-refractivity contribution is 0.273. The van der Waals surface area contributed by atoms with Gasteiger partial charge in [-0.15, -0.1) is 0 Å². The summed E-state index contributed by atoms with van der Waals surface area (Å²) in [5, 5.41) is 12.9. The molecule has 1 aliphatic rings. The number of ether oxygens (including phenoxy) is 1. The fourth-order valence-corrected chi connectivity index (χ4v) is 1.70. The average molecular weight is 246 g/mol. The Bertz CT molecular complexity index is 535. The highest BCUT2D eigenvalue weighted by molar-refractivity contribution is 5.28. The van der Waals surface area contributed by atoms with Gasteiger partial charge < -0.3 is 14.4 Å². The average Bonchev–Trinajstić information content (AvgIpc) is 3.16. The maximum absolute atomic E-state index is 9.02. The highest BCUT2D eigenvalue weighted by atomic mass is 16.5. The van der Waals surface area contributed by atoms with Crippen molar-refractivity contribution < 1.29 is 14.4 Å². The SMILES string of the molecule is OCc1cccc(OCc2noc(C3CC3)n2)c1. The van der Waals surface area contributed by atoms with Crippen molar-refractivity contribution in [3.63, 3.8) is 0 Å². The minimum atomic E-state index is 0.00520. The fraction of sp³-hybridized carbons (Fsp3) is 0.385. The van der Waals surface area contributed by atoms with Gasteiger partial charge in [-0.1, -0.05) is 17.3 Å². The van der Waals surface area contributed by atoms with Gasteiger partial charge >= 0.3 is 0 Å². The van der Waals surface area contributed by atoms with Crippen molar-refractivity contribution in [2.45, 2.75) is 32.0 Å². The molecule has 1 heterocycles. The number of benzene rings is 1. The number of aromatic nitrogens is 2. The zero-order valence-electron chi connectivity index (χ0n) is 9.87. The first-order valence-electron chi connectivity index (χ1n) is 6.00. The number of aliphatic hydroxyl groups excluding tert-OH is 1. The summed E-state index contributed by atoms with van der Waals surface area (Å²) < 4.78 is 10.7. The molecule has 0 amide bonds. The van der Waals surface area contributed by atoms with E-state index in [-0.39, 0.29) is 13.2 Å². The lowest BCUT2D eigenvalue weighted by atomic mass is 10.2. The third-order valence-electron chi connectivity index (χ3n) is 2.86. The maximum atomic E-state index is 9.02. The first-order chi connectivity index (χ1) is 8.85. The highest BCUT2D eigenvalue weighted by Crippen LogP contribution is 2.38. The van der Waals surface area contributed by atoms with Crippen LogP contribution < -0.4 is 4.74 Å². The first kappa shape index (κ1) is 11.2. The Labute approximate surface area is 104 Å². The zero-order valence-corrected chi connectivity index (χ0v) is 9.87. The van der Waals surface area contributed by atoms with Gasteiger partial charge in [0.15, 0.2) is 6.61 Å². The number of hydrogen-bond donors (Lipinski definition) is 1. The van der Waals surface area contributed by atoms with E-state index in [2.05, 4.69) is 10.1 Å². The summed E-state index contributed by atoms with van der Waals surface area (Å²) >= 11 is 0. The second-order valence-electron chi connectivity index (χ2n) is 4.42. The molecule has 0 atom stereocenters. The number of aliphatic hydroxyl groups is 1. The number of nitrogens with zero attached hydrogens (tertiary/aromatic N) is 2. The molecule has 18 heavy (non-hydrogen) atoms. The Kier molecular flexibility index (Phi) is 2.98. The van der Waals surface area contributed by atoms with Crippen LogP contribution in [-0.2, 0) is 13.2 Å². The Morgan fingerprint density at radius 3 is 3.06 bits per heavy atom. The quantitative estimate of drug-likeness (QED) is 0.874. The van der Waals surface area contributed by atoms with Gasteiger partial charge in [-0.3, -0.25) is 0 Å². The van der Waals surface area contributed by atoms with E-state index < -0.39 is 0 Å². The van der Waals surface area contributed by atoms with Crippen molar-refractivity contribution in [1.82, 2.24) is 10.1 Å². The zero-order chi connectivity index (χ0) is 12.4. The first-order valence-corrected chi connectivity index (χ1v) is 6.00. The van der Waals surface area contributed by atoms with Crippen LogP contribution in [0.4, 0.5) is 0 Å². The topological polar surface area (TPSA) is 68.4 Å². The van der Waals surface area contributed by atoms with Crippen LogP contribution in [0.2, 0.25) is 0 Å². The van der Waals surface area contributed by atoms with E-state index in [4.69, 9.17) is 14.4 Å². The molecule has 1 aliphatic carbocycles. The predicted molar refractivity (Wildman–Crippen MR) is 63.0 cm³/mol. The van der Waals surface area contributed by atoms with Gasteiger partial charge in [0.25, 0.3) is 0 Å². The molecule has 0 bridgehead atoms. The molecule has 3 rings (SSSR count). The standard InChI is InChI=1S/C13H14N2O3/c16-7-9-2-1-3-11(6-9)17-8-12-14-13(18-15-12)10-4-5-10/h1-3,6,10,16H,4-5,7-8H2. The summed E-state index contributed by atoms with van der Waals surface area (Å²) in [7, 11) is 0. The van der Waals surface area contributed by atoms with Gasteiger partial charge in [0, 0.05) is 5.92 Å². The third-order valence-corrected chi connectivity index (χ3v) is 2.86. The monoisotopic (exact) mass is 246 g/mol. The van der Waals surface area contributed by atoms with Crippen LogP contribution in [0.5, 0.6) is 5.75 Å². The van der Waals surface area contributed by atoms with E-state index in [0.29, 0.717) is 17.5 Å². The molecule has 1 saturated carbocycles. The fourth-order valence-electron chi connectivity index (χ4n) is 1.70. The van der Waals surface area contributed by atoms with Crippen molar-refractivity contribution in [2.24, 2.45) is 0 Å². The van der Waals surface area contributed by atoms with Gasteiger partial charge in [0.1, 0.15) is 5.75 Å². The normalized spacial score (nSPS) is 14.7. The van der Waals surface area contributed by atoms with Crippen LogP contribution in [0.1, 0.15) is 36.0 Å². The van der Waals surface area contributed by atoms with Crippen LogP contribution in [0.15, 0.2) is 28.8 Å².